The molecule has 1 atom stereocenters. The molecule has 0 heterocycles. The van der Waals surface area contributed by atoms with Gasteiger partial charge in [-0.15, -0.1) is 0 Å². The van der Waals surface area contributed by atoms with Crippen LogP contribution in [-0.4, -0.2) is 40.4 Å². The normalized spacial score (nSPS) is 13.2. The minimum absolute atomic E-state index is 0.258. The molecule has 0 aliphatic heterocycles. The van der Waals surface area contributed by atoms with Crippen LogP contribution in [-0.2, 0) is 15.5 Å². The highest BCUT2D eigenvalue weighted by atomic mass is 32.2. The summed E-state index contributed by atoms with van der Waals surface area (Å²) in [7, 11) is -1.98. The van der Waals surface area contributed by atoms with Crippen LogP contribution in [0.5, 0.6) is 0 Å². The smallest absolute Gasteiger partial charge is 0.411 e. The predicted molar refractivity (Wildman–Crippen MR) is 61.5 cm³/mol. The molecule has 1 unspecified atom stereocenters. The third-order valence-electron chi connectivity index (χ3n) is 2.10. The van der Waals surface area contributed by atoms with Crippen LogP contribution in [0.25, 0.3) is 0 Å². The molecule has 20 heavy (non-hydrogen) atoms. The Balaban J connectivity index is 2.63. The summed E-state index contributed by atoms with van der Waals surface area (Å²) < 4.78 is 64.7. The van der Waals surface area contributed by atoms with Crippen molar-refractivity contribution < 1.29 is 36.4 Å². The van der Waals surface area contributed by atoms with Gasteiger partial charge in [-0.2, -0.15) is 13.2 Å². The molecule has 0 radical (unpaired) electrons. The lowest BCUT2D eigenvalue weighted by Gasteiger charge is -2.08. The van der Waals surface area contributed by atoms with Gasteiger partial charge >= 0.3 is 12.1 Å². The van der Waals surface area contributed by atoms with E-state index in [1.165, 1.54) is 0 Å². The number of carboxylic acids is 1. The molecule has 1 rings (SSSR count). The van der Waals surface area contributed by atoms with Gasteiger partial charge in [0.05, 0.1) is 33.6 Å². The van der Waals surface area contributed by atoms with Gasteiger partial charge in [-0.3, -0.25) is 4.21 Å². The third kappa shape index (κ3) is 5.25. The molecule has 0 amide bonds. The molecule has 1 aromatic carbocycles. The van der Waals surface area contributed by atoms with Gasteiger partial charge in [-0.1, -0.05) is 0 Å². The fourth-order valence-electron chi connectivity index (χ4n) is 1.24. The zero-order valence-corrected chi connectivity index (χ0v) is 10.8. The van der Waals surface area contributed by atoms with Crippen LogP contribution in [0.3, 0.4) is 0 Å². The van der Waals surface area contributed by atoms with E-state index in [0.29, 0.717) is 0 Å². The summed E-state index contributed by atoms with van der Waals surface area (Å²) in [5.41, 5.74) is -0.258. The molecule has 0 aliphatic carbocycles. The summed E-state index contributed by atoms with van der Waals surface area (Å²) in [5, 5.41) is 8.71. The van der Waals surface area contributed by atoms with Crippen LogP contribution in [0.4, 0.5) is 17.6 Å². The van der Waals surface area contributed by atoms with Crippen LogP contribution in [0.15, 0.2) is 23.1 Å². The van der Waals surface area contributed by atoms with E-state index in [1.54, 1.807) is 0 Å². The number of benzene rings is 1. The Labute approximate surface area is 113 Å². The lowest BCUT2D eigenvalue weighted by atomic mass is 10.2. The van der Waals surface area contributed by atoms with Crippen LogP contribution < -0.4 is 0 Å². The largest absolute Gasteiger partial charge is 0.478 e. The van der Waals surface area contributed by atoms with E-state index in [1.807, 2.05) is 0 Å². The van der Waals surface area contributed by atoms with Crippen LogP contribution in [0, 0.1) is 5.82 Å². The maximum Gasteiger partial charge on any atom is 0.411 e. The molecule has 1 aromatic rings. The first kappa shape index (κ1) is 16.6. The van der Waals surface area contributed by atoms with Gasteiger partial charge < -0.3 is 9.84 Å². The number of hydrogen-bond acceptors (Lipinski definition) is 3. The fraction of sp³-hybridized carbons (Fsp3) is 0.364. The van der Waals surface area contributed by atoms with Crippen LogP contribution in [0.2, 0.25) is 0 Å². The SMILES string of the molecule is O=C(O)c1ccc(F)c(S(=O)CCOCC(F)(F)F)c1. The summed E-state index contributed by atoms with van der Waals surface area (Å²) in [5.74, 6) is -2.57. The van der Waals surface area contributed by atoms with Gasteiger partial charge in [0.2, 0.25) is 0 Å². The van der Waals surface area contributed by atoms with E-state index in [-0.39, 0.29) is 16.2 Å². The van der Waals surface area contributed by atoms with Crippen molar-refractivity contribution in [2.75, 3.05) is 19.0 Å². The Morgan fingerprint density at radius 3 is 2.55 bits per heavy atom. The Morgan fingerprint density at radius 1 is 1.35 bits per heavy atom. The summed E-state index contributed by atoms with van der Waals surface area (Å²) in [6.45, 7) is -1.97. The van der Waals surface area contributed by atoms with Crippen molar-refractivity contribution >= 4 is 16.8 Å². The van der Waals surface area contributed by atoms with E-state index in [2.05, 4.69) is 4.74 Å². The average Bonchev–Trinajstić information content (AvgIpc) is 2.33. The maximum atomic E-state index is 13.4. The van der Waals surface area contributed by atoms with Crippen LogP contribution in [0.1, 0.15) is 10.4 Å². The highest BCUT2D eigenvalue weighted by Crippen LogP contribution is 2.17. The molecule has 0 fully saturated rings. The molecule has 4 nitrogen and oxygen atoms in total. The number of ether oxygens (including phenoxy) is 1. The van der Waals surface area contributed by atoms with E-state index in [9.17, 15) is 26.6 Å². The number of rotatable bonds is 6. The first-order valence-corrected chi connectivity index (χ1v) is 6.58. The maximum absolute atomic E-state index is 13.4. The Kier molecular flexibility index (Phi) is 5.63. The molecule has 112 valence electrons. The zero-order chi connectivity index (χ0) is 15.3. The zero-order valence-electron chi connectivity index (χ0n) is 9.95. The molecular formula is C11H10F4O4S. The molecule has 0 bridgehead atoms. The lowest BCUT2D eigenvalue weighted by molar-refractivity contribution is -0.172. The minimum Gasteiger partial charge on any atom is -0.478 e. The van der Waals surface area contributed by atoms with E-state index < -0.39 is 42.0 Å². The van der Waals surface area contributed by atoms with Gasteiger partial charge in [0.1, 0.15) is 12.4 Å². The summed E-state index contributed by atoms with van der Waals surface area (Å²) in [4.78, 5) is 10.3. The molecular weight excluding hydrogens is 304 g/mol. The van der Waals surface area contributed by atoms with Crippen LogP contribution >= 0.6 is 0 Å². The summed E-state index contributed by atoms with van der Waals surface area (Å²) in [6, 6.07) is 2.73. The van der Waals surface area contributed by atoms with Crippen molar-refractivity contribution in [2.24, 2.45) is 0 Å². The van der Waals surface area contributed by atoms with Gasteiger partial charge in [-0.25, -0.2) is 9.18 Å². The Bertz CT molecular complexity index is 516. The highest BCUT2D eigenvalue weighted by molar-refractivity contribution is 7.85. The van der Waals surface area contributed by atoms with Crippen molar-refractivity contribution in [3.63, 3.8) is 0 Å². The average molecular weight is 314 g/mol. The fourth-order valence-corrected chi connectivity index (χ4v) is 2.28. The molecule has 9 heteroatoms. The second-order valence-electron chi connectivity index (χ2n) is 3.67. The van der Waals surface area contributed by atoms with Gasteiger partial charge in [0.15, 0.2) is 0 Å². The summed E-state index contributed by atoms with van der Waals surface area (Å²) >= 11 is 0. The quantitative estimate of drug-likeness (QED) is 0.646. The van der Waals surface area contributed by atoms with Crippen molar-refractivity contribution in [1.29, 1.82) is 0 Å². The van der Waals surface area contributed by atoms with E-state index >= 15 is 0 Å². The minimum atomic E-state index is -4.49. The highest BCUT2D eigenvalue weighted by Gasteiger charge is 2.27. The summed E-state index contributed by atoms with van der Waals surface area (Å²) in [6.07, 6.45) is -4.49. The Hall–Kier alpha value is -1.48. The molecule has 1 N–H and O–H groups in total. The molecule has 0 spiro atoms. The third-order valence-corrected chi connectivity index (χ3v) is 3.44. The molecule has 0 aromatic heterocycles. The Morgan fingerprint density at radius 2 is 2.00 bits per heavy atom. The molecule has 0 saturated heterocycles. The van der Waals surface area contributed by atoms with Gasteiger partial charge in [0, 0.05) is 0 Å². The number of halogens is 4. The van der Waals surface area contributed by atoms with Gasteiger partial charge in [-0.05, 0) is 18.2 Å². The van der Waals surface area contributed by atoms with Gasteiger partial charge in [0.25, 0.3) is 0 Å². The number of alkyl halides is 3. The van der Waals surface area contributed by atoms with Crippen molar-refractivity contribution in [2.45, 2.75) is 11.1 Å². The lowest BCUT2D eigenvalue weighted by Crippen LogP contribution is -2.19. The number of aromatic carboxylic acids is 1. The van der Waals surface area contributed by atoms with E-state index in [4.69, 9.17) is 5.11 Å². The number of carbonyl (C=O) groups is 1. The second-order valence-corrected chi connectivity index (χ2v) is 5.21. The monoisotopic (exact) mass is 314 g/mol. The number of carboxylic acid groups (broad SMARTS) is 1. The van der Waals surface area contributed by atoms with Crippen molar-refractivity contribution in [3.8, 4) is 0 Å². The standard InChI is InChI=1S/C11H10F4O4S/c12-8-2-1-7(10(16)17)5-9(8)20(18)4-3-19-6-11(13,14)15/h1-2,5H,3-4,6H2,(H,16,17). The van der Waals surface area contributed by atoms with Crippen molar-refractivity contribution in [1.82, 2.24) is 0 Å². The first-order valence-electron chi connectivity index (χ1n) is 5.26. The molecule has 0 saturated carbocycles. The predicted octanol–water partition coefficient (Wildman–Crippen LogP) is 2.21. The number of hydrogen-bond donors (Lipinski definition) is 1. The van der Waals surface area contributed by atoms with E-state index in [0.717, 1.165) is 18.2 Å². The topological polar surface area (TPSA) is 63.6 Å². The van der Waals surface area contributed by atoms with Crippen molar-refractivity contribution in [3.05, 3.63) is 29.6 Å². The second kappa shape index (κ2) is 6.80. The first-order chi connectivity index (χ1) is 9.20. The molecule has 0 aliphatic rings.